The molecule has 4 nitrogen and oxygen atoms in total. The average molecular weight is 209 g/mol. The molecule has 0 saturated carbocycles. The van der Waals surface area contributed by atoms with Crippen LogP contribution in [-0.4, -0.2) is 50.3 Å². The normalized spacial score (nSPS) is 29.9. The second kappa shape index (κ2) is 5.45. The molecule has 1 unspecified atom stereocenters. The Morgan fingerprint density at radius 3 is 2.93 bits per heavy atom. The van der Waals surface area contributed by atoms with Crippen molar-refractivity contribution in [1.29, 1.82) is 5.26 Å². The van der Waals surface area contributed by atoms with Crippen LogP contribution in [0, 0.1) is 17.2 Å². The van der Waals surface area contributed by atoms with Crippen molar-refractivity contribution in [2.75, 3.05) is 39.3 Å². The predicted octanol–water partition coefficient (Wildman–Crippen LogP) is 0.210. The van der Waals surface area contributed by atoms with Crippen LogP contribution in [0.25, 0.3) is 0 Å². The molecule has 2 rings (SSSR count). The van der Waals surface area contributed by atoms with Gasteiger partial charge in [-0.2, -0.15) is 5.26 Å². The van der Waals surface area contributed by atoms with E-state index in [-0.39, 0.29) is 6.10 Å². The van der Waals surface area contributed by atoms with Gasteiger partial charge < -0.3 is 10.1 Å². The van der Waals surface area contributed by atoms with Crippen LogP contribution in [0.4, 0.5) is 0 Å². The zero-order valence-corrected chi connectivity index (χ0v) is 9.11. The number of rotatable bonds is 2. The van der Waals surface area contributed by atoms with Crippen LogP contribution in [-0.2, 0) is 4.74 Å². The van der Waals surface area contributed by atoms with Crippen molar-refractivity contribution in [3.63, 3.8) is 0 Å². The van der Waals surface area contributed by atoms with Gasteiger partial charge in [-0.3, -0.25) is 4.90 Å². The summed E-state index contributed by atoms with van der Waals surface area (Å²) < 4.78 is 5.33. The molecule has 2 heterocycles. The van der Waals surface area contributed by atoms with E-state index < -0.39 is 0 Å². The van der Waals surface area contributed by atoms with Crippen LogP contribution < -0.4 is 5.32 Å². The smallest absolute Gasteiger partial charge is 0.156 e. The highest BCUT2D eigenvalue weighted by Crippen LogP contribution is 2.15. The fourth-order valence-electron chi connectivity index (χ4n) is 2.38. The Hall–Kier alpha value is -0.630. The van der Waals surface area contributed by atoms with Crippen molar-refractivity contribution < 1.29 is 4.74 Å². The fourth-order valence-corrected chi connectivity index (χ4v) is 2.38. The lowest BCUT2D eigenvalue weighted by atomic mass is 9.97. The number of nitrogens with one attached hydrogen (secondary N) is 1. The number of hydrogen-bond donors (Lipinski definition) is 1. The van der Waals surface area contributed by atoms with Gasteiger partial charge in [0, 0.05) is 19.6 Å². The summed E-state index contributed by atoms with van der Waals surface area (Å²) in [6.45, 7) is 5.93. The number of nitrogens with zero attached hydrogens (tertiary/aromatic N) is 2. The number of piperidine rings is 1. The van der Waals surface area contributed by atoms with Crippen LogP contribution >= 0.6 is 0 Å². The molecule has 1 atom stereocenters. The molecular formula is C11H19N3O. The van der Waals surface area contributed by atoms with Crippen LogP contribution in [0.1, 0.15) is 12.8 Å². The molecule has 2 aliphatic rings. The van der Waals surface area contributed by atoms with E-state index in [0.29, 0.717) is 6.61 Å². The third kappa shape index (κ3) is 3.16. The Bertz CT molecular complexity index is 232. The lowest BCUT2D eigenvalue weighted by molar-refractivity contribution is -0.00655. The quantitative estimate of drug-likeness (QED) is 0.706. The maximum absolute atomic E-state index is 8.80. The number of hydrogen-bond acceptors (Lipinski definition) is 4. The van der Waals surface area contributed by atoms with Gasteiger partial charge in [0.25, 0.3) is 0 Å². The van der Waals surface area contributed by atoms with Crippen molar-refractivity contribution in [3.8, 4) is 6.07 Å². The van der Waals surface area contributed by atoms with Gasteiger partial charge in [-0.1, -0.05) is 0 Å². The van der Waals surface area contributed by atoms with Crippen molar-refractivity contribution in [3.05, 3.63) is 0 Å². The minimum atomic E-state index is -0.208. The van der Waals surface area contributed by atoms with Gasteiger partial charge in [0.2, 0.25) is 0 Å². The summed E-state index contributed by atoms with van der Waals surface area (Å²) in [5, 5.41) is 12.2. The Kier molecular flexibility index (Phi) is 3.95. The molecule has 15 heavy (non-hydrogen) atoms. The van der Waals surface area contributed by atoms with Crippen molar-refractivity contribution in [1.82, 2.24) is 10.2 Å². The fraction of sp³-hybridized carbons (Fsp3) is 0.909. The number of morpholine rings is 1. The van der Waals surface area contributed by atoms with Gasteiger partial charge in [0.1, 0.15) is 0 Å². The molecule has 0 spiro atoms. The number of nitriles is 1. The molecule has 2 fully saturated rings. The summed E-state index contributed by atoms with van der Waals surface area (Å²) in [6, 6.07) is 2.19. The lowest BCUT2D eigenvalue weighted by Gasteiger charge is -2.34. The summed E-state index contributed by atoms with van der Waals surface area (Å²) in [5.74, 6) is 0.809. The Morgan fingerprint density at radius 2 is 2.20 bits per heavy atom. The average Bonchev–Trinajstić information content (AvgIpc) is 2.31. The van der Waals surface area contributed by atoms with Crippen LogP contribution in [0.15, 0.2) is 0 Å². The molecule has 84 valence electrons. The van der Waals surface area contributed by atoms with Crippen LogP contribution in [0.2, 0.25) is 0 Å². The molecule has 0 aromatic carbocycles. The summed E-state index contributed by atoms with van der Waals surface area (Å²) in [6.07, 6.45) is 2.34. The monoisotopic (exact) mass is 209 g/mol. The van der Waals surface area contributed by atoms with Crippen molar-refractivity contribution in [2.24, 2.45) is 5.92 Å². The van der Waals surface area contributed by atoms with E-state index in [1.807, 2.05) is 0 Å². The molecule has 0 amide bonds. The summed E-state index contributed by atoms with van der Waals surface area (Å²) in [4.78, 5) is 2.38. The first-order valence-corrected chi connectivity index (χ1v) is 5.83. The van der Waals surface area contributed by atoms with Crippen LogP contribution in [0.5, 0.6) is 0 Å². The highest BCUT2D eigenvalue weighted by Gasteiger charge is 2.23. The maximum atomic E-state index is 8.80. The molecule has 0 bridgehead atoms. The van der Waals surface area contributed by atoms with Gasteiger partial charge in [0.15, 0.2) is 6.10 Å². The largest absolute Gasteiger partial charge is 0.361 e. The Balaban J connectivity index is 1.75. The number of ether oxygens (including phenoxy) is 1. The molecule has 0 radical (unpaired) electrons. The van der Waals surface area contributed by atoms with Gasteiger partial charge in [-0.25, -0.2) is 0 Å². The maximum Gasteiger partial charge on any atom is 0.156 e. The summed E-state index contributed by atoms with van der Waals surface area (Å²) >= 11 is 0. The standard InChI is InChI=1S/C11H19N3O/c12-7-11-9-14(5-6-15-11)8-10-1-3-13-4-2-10/h10-11,13H,1-6,8-9H2. The third-order valence-corrected chi connectivity index (χ3v) is 3.27. The molecular weight excluding hydrogens is 190 g/mol. The van der Waals surface area contributed by atoms with Crippen molar-refractivity contribution in [2.45, 2.75) is 18.9 Å². The third-order valence-electron chi connectivity index (χ3n) is 3.27. The van der Waals surface area contributed by atoms with E-state index in [0.717, 1.165) is 38.6 Å². The zero-order chi connectivity index (χ0) is 10.5. The topological polar surface area (TPSA) is 48.3 Å². The van der Waals surface area contributed by atoms with Gasteiger partial charge >= 0.3 is 0 Å². The van der Waals surface area contributed by atoms with Crippen molar-refractivity contribution >= 4 is 0 Å². The summed E-state index contributed by atoms with van der Waals surface area (Å²) in [5.41, 5.74) is 0. The molecule has 0 aliphatic carbocycles. The molecule has 0 aromatic heterocycles. The minimum Gasteiger partial charge on any atom is -0.361 e. The Labute approximate surface area is 91.2 Å². The highest BCUT2D eigenvalue weighted by atomic mass is 16.5. The van der Waals surface area contributed by atoms with E-state index in [1.165, 1.54) is 12.8 Å². The molecule has 1 N–H and O–H groups in total. The Morgan fingerprint density at radius 1 is 1.40 bits per heavy atom. The second-order valence-corrected chi connectivity index (χ2v) is 4.44. The first kappa shape index (κ1) is 10.9. The van der Waals surface area contributed by atoms with E-state index in [4.69, 9.17) is 10.00 Å². The van der Waals surface area contributed by atoms with E-state index in [1.54, 1.807) is 0 Å². The highest BCUT2D eigenvalue weighted by molar-refractivity contribution is 4.89. The van der Waals surface area contributed by atoms with E-state index in [9.17, 15) is 0 Å². The molecule has 2 saturated heterocycles. The SMILES string of the molecule is N#CC1CN(CC2CCNCC2)CCO1. The second-order valence-electron chi connectivity index (χ2n) is 4.44. The van der Waals surface area contributed by atoms with Crippen LogP contribution in [0.3, 0.4) is 0 Å². The van der Waals surface area contributed by atoms with Gasteiger partial charge in [-0.05, 0) is 31.8 Å². The summed E-state index contributed by atoms with van der Waals surface area (Å²) in [7, 11) is 0. The first-order chi connectivity index (χ1) is 7.38. The first-order valence-electron chi connectivity index (χ1n) is 5.83. The van der Waals surface area contributed by atoms with E-state index in [2.05, 4.69) is 16.3 Å². The molecule has 0 aromatic rings. The molecule has 2 aliphatic heterocycles. The predicted molar refractivity (Wildman–Crippen MR) is 57.4 cm³/mol. The zero-order valence-electron chi connectivity index (χ0n) is 9.11. The van der Waals surface area contributed by atoms with Gasteiger partial charge in [0.05, 0.1) is 12.7 Å². The lowest BCUT2D eigenvalue weighted by Crippen LogP contribution is -2.45. The minimum absolute atomic E-state index is 0.208. The van der Waals surface area contributed by atoms with E-state index >= 15 is 0 Å². The van der Waals surface area contributed by atoms with Gasteiger partial charge in [-0.15, -0.1) is 0 Å². The molecule has 4 heteroatoms.